The van der Waals surface area contributed by atoms with Gasteiger partial charge in [-0.2, -0.15) is 8.42 Å². The van der Waals surface area contributed by atoms with E-state index in [-0.39, 0.29) is 11.5 Å². The molecular weight excluding hydrogens is 284 g/mol. The highest BCUT2D eigenvalue weighted by molar-refractivity contribution is 7.86. The predicted octanol–water partition coefficient (Wildman–Crippen LogP) is 0.559. The first-order valence-corrected chi connectivity index (χ1v) is 7.77. The van der Waals surface area contributed by atoms with Gasteiger partial charge in [-0.25, -0.2) is 0 Å². The lowest BCUT2D eigenvalue weighted by molar-refractivity contribution is -0.214. The number of ether oxygens (including phenoxy) is 1. The smallest absolute Gasteiger partial charge is 0.297 e. The summed E-state index contributed by atoms with van der Waals surface area (Å²) in [4.78, 5) is 0.0413. The Balaban J connectivity index is 2.07. The second-order valence-electron chi connectivity index (χ2n) is 4.81. The molecule has 0 amide bonds. The van der Waals surface area contributed by atoms with E-state index in [4.69, 9.17) is 14.0 Å². The molecule has 3 atom stereocenters. The minimum absolute atomic E-state index is 0.0413. The second kappa shape index (κ2) is 6.19. The molecule has 1 fully saturated rings. The van der Waals surface area contributed by atoms with Gasteiger partial charge in [0, 0.05) is 0 Å². The van der Waals surface area contributed by atoms with Crippen LogP contribution >= 0.6 is 0 Å². The van der Waals surface area contributed by atoms with E-state index in [1.54, 1.807) is 12.1 Å². The average molecular weight is 302 g/mol. The summed E-state index contributed by atoms with van der Waals surface area (Å²) < 4.78 is 34.2. The van der Waals surface area contributed by atoms with E-state index in [0.29, 0.717) is 12.8 Å². The summed E-state index contributed by atoms with van der Waals surface area (Å²) in [7, 11) is -3.94. The first-order chi connectivity index (χ1) is 9.42. The topological polar surface area (TPSA) is 93.1 Å². The van der Waals surface area contributed by atoms with Crippen molar-refractivity contribution >= 4 is 10.1 Å². The molecule has 7 heteroatoms. The summed E-state index contributed by atoms with van der Waals surface area (Å²) >= 11 is 0. The number of rotatable bonds is 4. The maximum absolute atomic E-state index is 12.1. The van der Waals surface area contributed by atoms with E-state index >= 15 is 0 Å². The third-order valence-corrected chi connectivity index (χ3v) is 4.54. The van der Waals surface area contributed by atoms with Crippen LogP contribution in [0, 0.1) is 6.92 Å². The lowest BCUT2D eigenvalue weighted by atomic mass is 10.1. The van der Waals surface area contributed by atoms with Crippen LogP contribution in [0.5, 0.6) is 0 Å². The molecule has 1 heterocycles. The van der Waals surface area contributed by atoms with Crippen LogP contribution in [0.25, 0.3) is 0 Å². The number of aliphatic hydroxyl groups is 2. The molecule has 2 unspecified atom stereocenters. The highest BCUT2D eigenvalue weighted by atomic mass is 32.2. The van der Waals surface area contributed by atoms with E-state index in [1.807, 2.05) is 6.92 Å². The molecule has 0 spiro atoms. The van der Waals surface area contributed by atoms with Gasteiger partial charge in [0.2, 0.25) is 0 Å². The minimum atomic E-state index is -3.94. The van der Waals surface area contributed by atoms with Gasteiger partial charge in [0.15, 0.2) is 6.29 Å². The molecule has 1 aliphatic rings. The van der Waals surface area contributed by atoms with Crippen LogP contribution in [0.15, 0.2) is 29.2 Å². The molecule has 0 aliphatic carbocycles. The molecule has 1 aliphatic heterocycles. The van der Waals surface area contributed by atoms with E-state index < -0.39 is 28.6 Å². The Morgan fingerprint density at radius 1 is 1.30 bits per heavy atom. The summed E-state index contributed by atoms with van der Waals surface area (Å²) in [5, 5.41) is 18.6. The lowest BCUT2D eigenvalue weighted by Gasteiger charge is -2.31. The van der Waals surface area contributed by atoms with Crippen LogP contribution < -0.4 is 0 Å². The molecule has 1 aromatic carbocycles. The zero-order valence-corrected chi connectivity index (χ0v) is 11.9. The fourth-order valence-electron chi connectivity index (χ4n) is 2.00. The Morgan fingerprint density at radius 3 is 2.50 bits per heavy atom. The first-order valence-electron chi connectivity index (χ1n) is 6.37. The molecular formula is C13H18O6S. The molecule has 6 nitrogen and oxygen atoms in total. The summed E-state index contributed by atoms with van der Waals surface area (Å²) in [5.41, 5.74) is 0.941. The predicted molar refractivity (Wildman–Crippen MR) is 70.4 cm³/mol. The molecule has 20 heavy (non-hydrogen) atoms. The molecule has 0 saturated carbocycles. The second-order valence-corrected chi connectivity index (χ2v) is 6.38. The standard InChI is InChI=1S/C13H18O6S/c1-9-2-5-11(6-3-9)20(16,17)19-12-7-4-10(8-14)18-13(12)15/h2-3,5-6,10,12-15H,4,7-8H2,1H3/t10?,12?,13-/m0/s1. The van der Waals surface area contributed by atoms with Crippen molar-refractivity contribution in [3.63, 3.8) is 0 Å². The molecule has 0 bridgehead atoms. The molecule has 0 aromatic heterocycles. The fourth-order valence-corrected chi connectivity index (χ4v) is 3.10. The van der Waals surface area contributed by atoms with Crippen molar-refractivity contribution in [2.45, 2.75) is 43.2 Å². The summed E-state index contributed by atoms with van der Waals surface area (Å²) in [6, 6.07) is 6.26. The van der Waals surface area contributed by atoms with Gasteiger partial charge in [-0.15, -0.1) is 0 Å². The Morgan fingerprint density at radius 2 is 1.95 bits per heavy atom. The number of hydrogen-bond donors (Lipinski definition) is 2. The fraction of sp³-hybridized carbons (Fsp3) is 0.538. The normalized spacial score (nSPS) is 27.4. The zero-order chi connectivity index (χ0) is 14.8. The van der Waals surface area contributed by atoms with Crippen molar-refractivity contribution in [1.29, 1.82) is 0 Å². The van der Waals surface area contributed by atoms with Gasteiger partial charge in [-0.1, -0.05) is 17.7 Å². The Kier molecular flexibility index (Phi) is 4.77. The molecule has 1 aromatic rings. The van der Waals surface area contributed by atoms with Crippen LogP contribution in [0.4, 0.5) is 0 Å². The van der Waals surface area contributed by atoms with Crippen LogP contribution in [0.2, 0.25) is 0 Å². The SMILES string of the molecule is Cc1ccc(S(=O)(=O)OC2CCC(CO)O[C@@H]2O)cc1. The zero-order valence-electron chi connectivity index (χ0n) is 11.1. The number of aryl methyl sites for hydroxylation is 1. The summed E-state index contributed by atoms with van der Waals surface area (Å²) in [5.74, 6) is 0. The monoisotopic (exact) mass is 302 g/mol. The van der Waals surface area contributed by atoms with Gasteiger partial charge >= 0.3 is 0 Å². The highest BCUT2D eigenvalue weighted by Gasteiger charge is 2.34. The summed E-state index contributed by atoms with van der Waals surface area (Å²) in [6.07, 6.45) is -2.06. The van der Waals surface area contributed by atoms with Gasteiger partial charge in [-0.3, -0.25) is 4.18 Å². The molecule has 2 N–H and O–H groups in total. The highest BCUT2D eigenvalue weighted by Crippen LogP contribution is 2.24. The van der Waals surface area contributed by atoms with E-state index in [1.165, 1.54) is 12.1 Å². The Bertz CT molecular complexity index is 538. The van der Waals surface area contributed by atoms with Crippen molar-refractivity contribution in [1.82, 2.24) is 0 Å². The quantitative estimate of drug-likeness (QED) is 0.789. The number of hydrogen-bond acceptors (Lipinski definition) is 6. The van der Waals surface area contributed by atoms with E-state index in [0.717, 1.165) is 5.56 Å². The van der Waals surface area contributed by atoms with Crippen molar-refractivity contribution in [2.75, 3.05) is 6.61 Å². The van der Waals surface area contributed by atoms with Crippen LogP contribution in [0.1, 0.15) is 18.4 Å². The Labute approximate surface area is 118 Å². The largest absolute Gasteiger partial charge is 0.394 e. The summed E-state index contributed by atoms with van der Waals surface area (Å²) in [6.45, 7) is 1.64. The van der Waals surface area contributed by atoms with Gasteiger partial charge in [0.05, 0.1) is 17.6 Å². The van der Waals surface area contributed by atoms with Gasteiger partial charge in [0.1, 0.15) is 6.10 Å². The number of aliphatic hydroxyl groups excluding tert-OH is 2. The Hall–Kier alpha value is -0.990. The van der Waals surface area contributed by atoms with Crippen LogP contribution in [-0.4, -0.2) is 43.7 Å². The maximum Gasteiger partial charge on any atom is 0.297 e. The molecule has 2 rings (SSSR count). The van der Waals surface area contributed by atoms with Gasteiger partial charge < -0.3 is 14.9 Å². The minimum Gasteiger partial charge on any atom is -0.394 e. The average Bonchev–Trinajstić information content (AvgIpc) is 2.41. The van der Waals surface area contributed by atoms with Crippen molar-refractivity contribution in [3.05, 3.63) is 29.8 Å². The van der Waals surface area contributed by atoms with E-state index in [2.05, 4.69) is 0 Å². The van der Waals surface area contributed by atoms with Crippen LogP contribution in [0.3, 0.4) is 0 Å². The van der Waals surface area contributed by atoms with Crippen molar-refractivity contribution in [3.8, 4) is 0 Å². The van der Waals surface area contributed by atoms with Gasteiger partial charge in [-0.05, 0) is 31.9 Å². The van der Waals surface area contributed by atoms with Gasteiger partial charge in [0.25, 0.3) is 10.1 Å². The number of benzene rings is 1. The van der Waals surface area contributed by atoms with Crippen LogP contribution in [-0.2, 0) is 19.0 Å². The molecule has 1 saturated heterocycles. The molecule has 112 valence electrons. The maximum atomic E-state index is 12.1. The van der Waals surface area contributed by atoms with Crippen molar-refractivity contribution < 1.29 is 27.6 Å². The van der Waals surface area contributed by atoms with E-state index in [9.17, 15) is 13.5 Å². The first kappa shape index (κ1) is 15.4. The van der Waals surface area contributed by atoms with Crippen molar-refractivity contribution in [2.24, 2.45) is 0 Å². The third kappa shape index (κ3) is 3.56. The third-order valence-electron chi connectivity index (χ3n) is 3.19. The lowest BCUT2D eigenvalue weighted by Crippen LogP contribution is -2.42. The molecule has 0 radical (unpaired) electrons.